The van der Waals surface area contributed by atoms with Crippen LogP contribution in [-0.2, 0) is 31.3 Å². The van der Waals surface area contributed by atoms with Gasteiger partial charge < -0.3 is 31.3 Å². The molecule has 0 rings (SSSR count). The predicted octanol–water partition coefficient (Wildman–Crippen LogP) is 6.76. The first-order valence-corrected chi connectivity index (χ1v) is 21.0. The van der Waals surface area contributed by atoms with Crippen LogP contribution in [0.3, 0.4) is 0 Å². The van der Waals surface area contributed by atoms with E-state index in [1.807, 2.05) is 0 Å². The van der Waals surface area contributed by atoms with E-state index in [4.69, 9.17) is 31.3 Å². The molecule has 0 N–H and O–H groups in total. The highest BCUT2D eigenvalue weighted by atomic mass is 28.5. The van der Waals surface area contributed by atoms with Crippen molar-refractivity contribution in [2.45, 2.75) is 111 Å². The summed E-state index contributed by atoms with van der Waals surface area (Å²) >= 11 is 0. The fourth-order valence-corrected chi connectivity index (χ4v) is 18.6. The van der Waals surface area contributed by atoms with Crippen LogP contribution in [0.5, 0.6) is 0 Å². The molecule has 0 bridgehead atoms. The van der Waals surface area contributed by atoms with Crippen molar-refractivity contribution < 1.29 is 31.3 Å². The summed E-state index contributed by atoms with van der Waals surface area (Å²) in [6.07, 6.45) is 3.03. The van der Waals surface area contributed by atoms with Crippen molar-refractivity contribution in [2.24, 2.45) is 0 Å². The maximum Gasteiger partial charge on any atom is 0.331 e. The van der Waals surface area contributed by atoms with Crippen LogP contribution in [0.1, 0.15) is 74.7 Å². The summed E-state index contributed by atoms with van der Waals surface area (Å²) in [5, 5.41) is 0. The van der Waals surface area contributed by atoms with E-state index in [9.17, 15) is 0 Å². The number of ether oxygens (including phenoxy) is 3. The van der Waals surface area contributed by atoms with Crippen molar-refractivity contribution in [1.29, 1.82) is 0 Å². The Morgan fingerprint density at radius 3 is 0.971 bits per heavy atom. The second-order valence-electron chi connectivity index (χ2n) is 8.95. The molecule has 0 saturated carbocycles. The summed E-state index contributed by atoms with van der Waals surface area (Å²) in [4.78, 5) is 0. The monoisotopic (exact) mass is 554 g/mol. The van der Waals surface area contributed by atoms with Gasteiger partial charge in [0.05, 0.1) is 0 Å². The summed E-state index contributed by atoms with van der Waals surface area (Å²) < 4.78 is 45.1. The number of rotatable bonds is 26. The molecular formula is C25H58O7Si3. The van der Waals surface area contributed by atoms with Gasteiger partial charge in [0.25, 0.3) is 0 Å². The molecule has 0 saturated heterocycles. The van der Waals surface area contributed by atoms with Crippen molar-refractivity contribution in [3.8, 4) is 0 Å². The lowest BCUT2D eigenvalue weighted by atomic mass is 10.5. The van der Waals surface area contributed by atoms with Gasteiger partial charge in [0, 0.05) is 71.0 Å². The molecule has 0 amide bonds. The molecule has 0 aromatic carbocycles. The van der Waals surface area contributed by atoms with Gasteiger partial charge in [-0.2, -0.15) is 0 Å². The Morgan fingerprint density at radius 1 is 0.400 bits per heavy atom. The molecule has 7 nitrogen and oxygen atoms in total. The molecule has 0 spiro atoms. The first-order valence-electron chi connectivity index (χ1n) is 14.3. The molecule has 0 aromatic rings. The number of hydrogen-bond acceptors (Lipinski definition) is 7. The minimum atomic E-state index is -2.71. The summed E-state index contributed by atoms with van der Waals surface area (Å²) in [5.74, 6) is 0. The van der Waals surface area contributed by atoms with Crippen LogP contribution >= 0.6 is 0 Å². The van der Waals surface area contributed by atoms with E-state index in [0.29, 0.717) is 33.0 Å². The van der Waals surface area contributed by atoms with Crippen LogP contribution in [0, 0.1) is 0 Å². The molecule has 0 radical (unpaired) electrons. The van der Waals surface area contributed by atoms with Crippen LogP contribution in [0.4, 0.5) is 0 Å². The first kappa shape index (κ1) is 35.4. The Kier molecular flexibility index (Phi) is 21.5. The third kappa shape index (κ3) is 14.2. The van der Waals surface area contributed by atoms with E-state index >= 15 is 0 Å². The molecule has 0 aliphatic heterocycles. The minimum absolute atomic E-state index is 0.640. The number of hydrogen-bond donors (Lipinski definition) is 0. The summed E-state index contributed by atoms with van der Waals surface area (Å²) in [6, 6.07) is 5.02. The quantitative estimate of drug-likeness (QED) is 0.0864. The van der Waals surface area contributed by atoms with Crippen molar-refractivity contribution in [3.05, 3.63) is 0 Å². The van der Waals surface area contributed by atoms with Gasteiger partial charge in [-0.15, -0.1) is 0 Å². The van der Waals surface area contributed by atoms with Crippen LogP contribution in [-0.4, -0.2) is 78.5 Å². The lowest BCUT2D eigenvalue weighted by molar-refractivity contribution is 0.123. The van der Waals surface area contributed by atoms with Crippen molar-refractivity contribution in [2.75, 3.05) is 52.9 Å². The summed E-state index contributed by atoms with van der Waals surface area (Å²) in [6.45, 7) is 22.7. The second-order valence-corrected chi connectivity index (χ2v) is 20.2. The normalized spacial score (nSPS) is 17.1. The maximum atomic E-state index is 7.24. The largest absolute Gasteiger partial charge is 0.415 e. The third-order valence-corrected chi connectivity index (χ3v) is 19.8. The molecule has 10 heteroatoms. The lowest BCUT2D eigenvalue weighted by Crippen LogP contribution is -2.61. The highest BCUT2D eigenvalue weighted by Gasteiger charge is 2.52. The lowest BCUT2D eigenvalue weighted by Gasteiger charge is -2.44. The molecule has 35 heavy (non-hydrogen) atoms. The average Bonchev–Trinajstić information content (AvgIpc) is 2.87. The van der Waals surface area contributed by atoms with Crippen LogP contribution < -0.4 is 0 Å². The molecule has 0 heterocycles. The Balaban J connectivity index is 6.01. The third-order valence-electron chi connectivity index (χ3n) is 6.10. The van der Waals surface area contributed by atoms with Crippen LogP contribution in [0.2, 0.25) is 36.3 Å². The molecule has 0 aliphatic carbocycles. The predicted molar refractivity (Wildman–Crippen MR) is 152 cm³/mol. The summed E-state index contributed by atoms with van der Waals surface area (Å²) in [5.41, 5.74) is 0. The maximum absolute atomic E-state index is 7.24. The van der Waals surface area contributed by atoms with Crippen LogP contribution in [0.25, 0.3) is 0 Å². The van der Waals surface area contributed by atoms with E-state index in [1.165, 1.54) is 0 Å². The standard InChI is InChI=1S/C25H58O7Si3/c1-9-17-26-20-23-33(14-6,29-12-4)31-35(16-8,25-22-28-19-11-3)32-34(15-7,30-13-5)24-21-27-18-10-2/h9-25H2,1-8H3. The van der Waals surface area contributed by atoms with E-state index in [0.717, 1.165) is 75.3 Å². The average molecular weight is 555 g/mol. The Hall–Kier alpha value is 0.371. The molecular weight excluding hydrogens is 497 g/mol. The Labute approximate surface area is 220 Å². The highest BCUT2D eigenvalue weighted by molar-refractivity contribution is 6.87. The zero-order valence-electron chi connectivity index (χ0n) is 24.4. The zero-order valence-corrected chi connectivity index (χ0v) is 27.4. The van der Waals surface area contributed by atoms with Gasteiger partial charge in [0.15, 0.2) is 0 Å². The van der Waals surface area contributed by atoms with Crippen molar-refractivity contribution in [3.63, 3.8) is 0 Å². The minimum Gasteiger partial charge on any atom is -0.415 e. The van der Waals surface area contributed by atoms with Crippen molar-refractivity contribution >= 4 is 25.7 Å². The summed E-state index contributed by atoms with van der Waals surface area (Å²) in [7, 11) is -7.77. The SMILES string of the molecule is CCCOCC[Si](CC)(OCC)O[Si](CC)(CCOCCC)O[Si](CC)(CCOCCC)OCC. The van der Waals surface area contributed by atoms with E-state index < -0.39 is 25.7 Å². The second kappa shape index (κ2) is 21.3. The first-order chi connectivity index (χ1) is 16.9. The van der Waals surface area contributed by atoms with Crippen LogP contribution in [0.15, 0.2) is 0 Å². The fraction of sp³-hybridized carbons (Fsp3) is 1.00. The van der Waals surface area contributed by atoms with E-state index in [1.54, 1.807) is 0 Å². The zero-order chi connectivity index (χ0) is 26.5. The highest BCUT2D eigenvalue weighted by Crippen LogP contribution is 2.34. The molecule has 212 valence electrons. The van der Waals surface area contributed by atoms with Gasteiger partial charge in [-0.1, -0.05) is 41.5 Å². The van der Waals surface area contributed by atoms with E-state index in [2.05, 4.69) is 55.4 Å². The van der Waals surface area contributed by atoms with Gasteiger partial charge in [0.2, 0.25) is 0 Å². The van der Waals surface area contributed by atoms with Crippen molar-refractivity contribution in [1.82, 2.24) is 0 Å². The molecule has 2 atom stereocenters. The fourth-order valence-electron chi connectivity index (χ4n) is 4.08. The van der Waals surface area contributed by atoms with Gasteiger partial charge in [-0.3, -0.25) is 0 Å². The van der Waals surface area contributed by atoms with Gasteiger partial charge >= 0.3 is 25.7 Å². The topological polar surface area (TPSA) is 64.6 Å². The van der Waals surface area contributed by atoms with E-state index in [-0.39, 0.29) is 0 Å². The van der Waals surface area contributed by atoms with Gasteiger partial charge in [-0.25, -0.2) is 0 Å². The van der Waals surface area contributed by atoms with Gasteiger partial charge in [-0.05, 0) is 51.2 Å². The molecule has 0 fully saturated rings. The van der Waals surface area contributed by atoms with Gasteiger partial charge in [0.1, 0.15) is 0 Å². The molecule has 0 aromatic heterocycles. The Morgan fingerprint density at radius 2 is 0.714 bits per heavy atom. The smallest absolute Gasteiger partial charge is 0.331 e. The molecule has 0 aliphatic rings. The molecule has 2 unspecified atom stereocenters. The Bertz CT molecular complexity index is 458.